The minimum Gasteiger partial charge on any atom is -0.347 e. The van der Waals surface area contributed by atoms with Crippen molar-refractivity contribution < 1.29 is 9.59 Å². The van der Waals surface area contributed by atoms with Gasteiger partial charge in [0.25, 0.3) is 0 Å². The smallest absolute Gasteiger partial charge is 0.242 e. The second-order valence-electron chi connectivity index (χ2n) is 9.25. The Morgan fingerprint density at radius 2 is 1.78 bits per heavy atom. The fraction of sp³-hybridized carbons (Fsp3) is 0.636. The zero-order valence-corrected chi connectivity index (χ0v) is 16.8. The Bertz CT molecular complexity index is 697. The van der Waals surface area contributed by atoms with Gasteiger partial charge in [-0.3, -0.25) is 9.59 Å². The molecule has 4 saturated carbocycles. The summed E-state index contributed by atoms with van der Waals surface area (Å²) >= 11 is 6.00. The Morgan fingerprint density at radius 3 is 2.37 bits per heavy atom. The van der Waals surface area contributed by atoms with E-state index < -0.39 is 0 Å². The Balaban J connectivity index is 1.26. The Labute approximate surface area is 166 Å². The summed E-state index contributed by atoms with van der Waals surface area (Å²) < 4.78 is 0. The summed E-state index contributed by atoms with van der Waals surface area (Å²) in [5.74, 6) is 2.49. The summed E-state index contributed by atoms with van der Waals surface area (Å²) in [5.41, 5.74) is 1.20. The van der Waals surface area contributed by atoms with E-state index in [-0.39, 0.29) is 23.8 Å². The zero-order valence-electron chi connectivity index (χ0n) is 16.0. The van der Waals surface area contributed by atoms with Crippen molar-refractivity contribution >= 4 is 23.4 Å². The molecule has 0 aromatic heterocycles. The number of hydrogen-bond donors (Lipinski definition) is 1. The van der Waals surface area contributed by atoms with E-state index in [0.29, 0.717) is 18.0 Å². The van der Waals surface area contributed by atoms with Gasteiger partial charge in [-0.2, -0.15) is 0 Å². The molecule has 146 valence electrons. The SMILES string of the molecule is CN(Cc1cccc(Cl)c1)C(=O)CNC(=O)CC12CC3CC(CC(C3)C1)C2. The van der Waals surface area contributed by atoms with Gasteiger partial charge in [0.1, 0.15) is 0 Å². The topological polar surface area (TPSA) is 49.4 Å². The highest BCUT2D eigenvalue weighted by Gasteiger charge is 2.51. The molecule has 0 unspecified atom stereocenters. The lowest BCUT2D eigenvalue weighted by Crippen LogP contribution is -2.48. The number of nitrogens with zero attached hydrogens (tertiary/aromatic N) is 1. The zero-order chi connectivity index (χ0) is 19.0. The van der Waals surface area contributed by atoms with Crippen molar-refractivity contribution in [3.8, 4) is 0 Å². The Morgan fingerprint density at radius 1 is 1.15 bits per heavy atom. The molecule has 4 nitrogen and oxygen atoms in total. The number of halogens is 1. The minimum atomic E-state index is -0.0752. The van der Waals surface area contributed by atoms with Gasteiger partial charge in [-0.15, -0.1) is 0 Å². The number of hydrogen-bond acceptors (Lipinski definition) is 2. The molecule has 1 N–H and O–H groups in total. The normalized spacial score (nSPS) is 31.0. The van der Waals surface area contributed by atoms with Crippen molar-refractivity contribution in [1.82, 2.24) is 10.2 Å². The number of amides is 2. The molecule has 0 heterocycles. The van der Waals surface area contributed by atoms with E-state index in [1.807, 2.05) is 24.3 Å². The van der Waals surface area contributed by atoms with Crippen LogP contribution < -0.4 is 5.32 Å². The Hall–Kier alpha value is -1.55. The molecule has 0 saturated heterocycles. The van der Waals surface area contributed by atoms with Crippen molar-refractivity contribution in [1.29, 1.82) is 0 Å². The summed E-state index contributed by atoms with van der Waals surface area (Å²) in [6, 6.07) is 7.50. The average Bonchev–Trinajstić information content (AvgIpc) is 2.58. The minimum absolute atomic E-state index is 0.0430. The van der Waals surface area contributed by atoms with Crippen LogP contribution in [0.15, 0.2) is 24.3 Å². The maximum absolute atomic E-state index is 12.6. The molecule has 4 fully saturated rings. The first kappa shape index (κ1) is 18.8. The van der Waals surface area contributed by atoms with Gasteiger partial charge < -0.3 is 10.2 Å². The van der Waals surface area contributed by atoms with E-state index in [1.165, 1.54) is 38.5 Å². The van der Waals surface area contributed by atoms with E-state index >= 15 is 0 Å². The predicted octanol–water partition coefficient (Wildman–Crippen LogP) is 4.02. The maximum atomic E-state index is 12.6. The molecule has 0 aliphatic heterocycles. The van der Waals surface area contributed by atoms with Gasteiger partial charge in [-0.25, -0.2) is 0 Å². The molecule has 27 heavy (non-hydrogen) atoms. The monoisotopic (exact) mass is 388 g/mol. The second kappa shape index (κ2) is 7.46. The van der Waals surface area contributed by atoms with E-state index in [2.05, 4.69) is 5.32 Å². The van der Waals surface area contributed by atoms with E-state index in [4.69, 9.17) is 11.6 Å². The van der Waals surface area contributed by atoms with Gasteiger partial charge >= 0.3 is 0 Å². The van der Waals surface area contributed by atoms with Gasteiger partial charge in [-0.1, -0.05) is 23.7 Å². The molecule has 1 aromatic carbocycles. The van der Waals surface area contributed by atoms with Crippen molar-refractivity contribution in [2.75, 3.05) is 13.6 Å². The fourth-order valence-electron chi connectivity index (χ4n) is 6.22. The van der Waals surface area contributed by atoms with Crippen LogP contribution in [0.4, 0.5) is 0 Å². The quantitative estimate of drug-likeness (QED) is 0.800. The largest absolute Gasteiger partial charge is 0.347 e. The van der Waals surface area contributed by atoms with Gasteiger partial charge in [0.05, 0.1) is 6.54 Å². The first-order chi connectivity index (χ1) is 12.9. The highest BCUT2D eigenvalue weighted by Crippen LogP contribution is 2.61. The van der Waals surface area contributed by atoms with Crippen LogP contribution in [0.1, 0.15) is 50.5 Å². The molecule has 4 bridgehead atoms. The lowest BCUT2D eigenvalue weighted by molar-refractivity contribution is -0.135. The number of likely N-dealkylation sites (N-methyl/N-ethyl adjacent to an activating group) is 1. The van der Waals surface area contributed by atoms with Crippen LogP contribution in [0.25, 0.3) is 0 Å². The lowest BCUT2D eigenvalue weighted by Gasteiger charge is -2.56. The van der Waals surface area contributed by atoms with E-state index in [1.54, 1.807) is 11.9 Å². The molecular weight excluding hydrogens is 360 g/mol. The summed E-state index contributed by atoms with van der Waals surface area (Å²) in [5, 5.41) is 3.54. The van der Waals surface area contributed by atoms with Crippen LogP contribution in [0, 0.1) is 23.2 Å². The summed E-state index contributed by atoms with van der Waals surface area (Å²) in [4.78, 5) is 26.6. The van der Waals surface area contributed by atoms with Crippen LogP contribution in [0.3, 0.4) is 0 Å². The van der Waals surface area contributed by atoms with Gasteiger partial charge in [0, 0.05) is 25.0 Å². The highest BCUT2D eigenvalue weighted by molar-refractivity contribution is 6.30. The summed E-state index contributed by atoms with van der Waals surface area (Å²) in [6.07, 6.45) is 8.40. The van der Waals surface area contributed by atoms with Crippen LogP contribution >= 0.6 is 11.6 Å². The maximum Gasteiger partial charge on any atom is 0.242 e. The molecule has 0 spiro atoms. The van der Waals surface area contributed by atoms with Crippen molar-refractivity contribution in [3.63, 3.8) is 0 Å². The molecule has 2 amide bonds. The molecule has 4 aliphatic rings. The molecule has 0 atom stereocenters. The molecule has 0 radical (unpaired) electrons. The van der Waals surface area contributed by atoms with E-state index in [9.17, 15) is 9.59 Å². The number of carbonyl (C=O) groups excluding carboxylic acids is 2. The lowest BCUT2D eigenvalue weighted by atomic mass is 9.49. The third kappa shape index (κ3) is 4.31. The molecule has 5 heteroatoms. The predicted molar refractivity (Wildman–Crippen MR) is 106 cm³/mol. The molecular formula is C22H29ClN2O2. The number of benzene rings is 1. The van der Waals surface area contributed by atoms with Crippen LogP contribution in [-0.2, 0) is 16.1 Å². The third-order valence-electron chi connectivity index (χ3n) is 6.87. The van der Waals surface area contributed by atoms with Gasteiger partial charge in [0.15, 0.2) is 0 Å². The third-order valence-corrected chi connectivity index (χ3v) is 7.11. The second-order valence-corrected chi connectivity index (χ2v) is 9.69. The molecule has 1 aromatic rings. The van der Waals surface area contributed by atoms with Crippen LogP contribution in [-0.4, -0.2) is 30.3 Å². The highest BCUT2D eigenvalue weighted by atomic mass is 35.5. The number of nitrogens with one attached hydrogen (secondary N) is 1. The average molecular weight is 389 g/mol. The first-order valence-electron chi connectivity index (χ1n) is 10.2. The first-order valence-corrected chi connectivity index (χ1v) is 10.5. The van der Waals surface area contributed by atoms with Crippen LogP contribution in [0.5, 0.6) is 0 Å². The van der Waals surface area contributed by atoms with Gasteiger partial charge in [-0.05, 0) is 79.4 Å². The van der Waals surface area contributed by atoms with Crippen molar-refractivity contribution in [2.24, 2.45) is 23.2 Å². The molecule has 5 rings (SSSR count). The number of carbonyl (C=O) groups is 2. The fourth-order valence-corrected chi connectivity index (χ4v) is 6.43. The van der Waals surface area contributed by atoms with E-state index in [0.717, 1.165) is 23.3 Å². The van der Waals surface area contributed by atoms with Crippen molar-refractivity contribution in [3.05, 3.63) is 34.9 Å². The standard InChI is InChI=1S/C22H29ClN2O2/c1-25(14-15-3-2-4-19(23)8-15)21(27)13-24-20(26)12-22-9-16-5-17(10-22)7-18(6-16)11-22/h2-4,8,16-18H,5-7,9-14H2,1H3,(H,24,26). The molecule has 4 aliphatic carbocycles. The summed E-state index contributed by atoms with van der Waals surface area (Å²) in [7, 11) is 1.76. The number of rotatable bonds is 6. The Kier molecular flexibility index (Phi) is 5.19. The van der Waals surface area contributed by atoms with Crippen LogP contribution in [0.2, 0.25) is 5.02 Å². The van der Waals surface area contributed by atoms with Crippen molar-refractivity contribution in [2.45, 2.75) is 51.5 Å². The summed E-state index contributed by atoms with van der Waals surface area (Å²) in [6.45, 7) is 0.562. The van der Waals surface area contributed by atoms with Gasteiger partial charge in [0.2, 0.25) is 11.8 Å².